The van der Waals surface area contributed by atoms with Gasteiger partial charge in [0.1, 0.15) is 5.01 Å². The second-order valence-electron chi connectivity index (χ2n) is 6.20. The summed E-state index contributed by atoms with van der Waals surface area (Å²) in [7, 11) is 3.32. The molecule has 0 bridgehead atoms. The molecule has 3 amide bonds. The van der Waals surface area contributed by atoms with Crippen molar-refractivity contribution in [2.75, 3.05) is 30.9 Å². The third-order valence-corrected chi connectivity index (χ3v) is 5.19. The SMILES string of the molecule is CCc1ccc(N2CC(c3nnc(NC(=O)N(C)C)s3)CC2=O)cc1. The zero-order valence-electron chi connectivity index (χ0n) is 14.5. The maximum atomic E-state index is 12.4. The number of anilines is 2. The van der Waals surface area contributed by atoms with Gasteiger partial charge in [0.25, 0.3) is 0 Å². The monoisotopic (exact) mass is 359 g/mol. The topological polar surface area (TPSA) is 78.4 Å². The molecule has 1 unspecified atom stereocenters. The Morgan fingerprint density at radius 3 is 2.68 bits per heavy atom. The van der Waals surface area contributed by atoms with E-state index in [-0.39, 0.29) is 17.9 Å². The highest BCUT2D eigenvalue weighted by Gasteiger charge is 2.34. The molecule has 1 aliphatic heterocycles. The first-order valence-corrected chi connectivity index (χ1v) is 9.00. The number of carbonyl (C=O) groups is 2. The fourth-order valence-corrected chi connectivity index (χ4v) is 3.51. The number of benzene rings is 1. The third-order valence-electron chi connectivity index (χ3n) is 4.19. The van der Waals surface area contributed by atoms with Gasteiger partial charge in [0, 0.05) is 38.7 Å². The van der Waals surface area contributed by atoms with E-state index in [0.29, 0.717) is 18.1 Å². The van der Waals surface area contributed by atoms with Crippen LogP contribution in [0.15, 0.2) is 24.3 Å². The van der Waals surface area contributed by atoms with E-state index < -0.39 is 0 Å². The number of aryl methyl sites for hydroxylation is 1. The first-order chi connectivity index (χ1) is 12.0. The molecule has 8 heteroatoms. The predicted molar refractivity (Wildman–Crippen MR) is 98.1 cm³/mol. The molecule has 2 aromatic rings. The molecule has 0 aliphatic carbocycles. The molecular weight excluding hydrogens is 338 g/mol. The maximum Gasteiger partial charge on any atom is 0.323 e. The van der Waals surface area contributed by atoms with E-state index in [1.807, 2.05) is 12.1 Å². The Balaban J connectivity index is 1.70. The van der Waals surface area contributed by atoms with Gasteiger partial charge in [-0.3, -0.25) is 10.1 Å². The lowest BCUT2D eigenvalue weighted by atomic mass is 10.1. The van der Waals surface area contributed by atoms with Gasteiger partial charge in [0.15, 0.2) is 0 Å². The van der Waals surface area contributed by atoms with E-state index in [0.717, 1.165) is 17.1 Å². The van der Waals surface area contributed by atoms with Crippen LogP contribution in [-0.2, 0) is 11.2 Å². The summed E-state index contributed by atoms with van der Waals surface area (Å²) in [5.74, 6) is 0.0872. The molecule has 2 heterocycles. The molecule has 1 aromatic carbocycles. The molecule has 1 N–H and O–H groups in total. The average Bonchev–Trinajstić information content (AvgIpc) is 3.21. The fraction of sp³-hybridized carbons (Fsp3) is 0.412. The molecule has 3 rings (SSSR count). The van der Waals surface area contributed by atoms with Crippen molar-refractivity contribution < 1.29 is 9.59 Å². The lowest BCUT2D eigenvalue weighted by molar-refractivity contribution is -0.117. The molecule has 0 radical (unpaired) electrons. The highest BCUT2D eigenvalue weighted by atomic mass is 32.1. The first-order valence-electron chi connectivity index (χ1n) is 8.19. The smallest absolute Gasteiger partial charge is 0.323 e. The largest absolute Gasteiger partial charge is 0.331 e. The number of hydrogen-bond acceptors (Lipinski definition) is 5. The molecule has 1 aromatic heterocycles. The zero-order chi connectivity index (χ0) is 18.0. The van der Waals surface area contributed by atoms with Crippen LogP contribution in [0.5, 0.6) is 0 Å². The van der Waals surface area contributed by atoms with Gasteiger partial charge in [-0.05, 0) is 24.1 Å². The second kappa shape index (κ2) is 7.18. The normalized spacial score (nSPS) is 17.0. The Morgan fingerprint density at radius 1 is 1.32 bits per heavy atom. The number of carbonyl (C=O) groups excluding carboxylic acids is 2. The van der Waals surface area contributed by atoms with Crippen LogP contribution in [0.3, 0.4) is 0 Å². The number of urea groups is 1. The Bertz CT molecular complexity index is 772. The molecule has 7 nitrogen and oxygen atoms in total. The highest BCUT2D eigenvalue weighted by Crippen LogP contribution is 2.34. The van der Waals surface area contributed by atoms with Gasteiger partial charge in [-0.2, -0.15) is 0 Å². The number of hydrogen-bond donors (Lipinski definition) is 1. The number of rotatable bonds is 4. The van der Waals surface area contributed by atoms with E-state index in [4.69, 9.17) is 0 Å². The molecule has 1 aliphatic rings. The van der Waals surface area contributed by atoms with Crippen molar-refractivity contribution in [3.63, 3.8) is 0 Å². The Hall–Kier alpha value is -2.48. The summed E-state index contributed by atoms with van der Waals surface area (Å²) >= 11 is 1.32. The van der Waals surface area contributed by atoms with E-state index in [2.05, 4.69) is 34.6 Å². The van der Waals surface area contributed by atoms with Crippen LogP contribution in [-0.4, -0.2) is 47.7 Å². The average molecular weight is 359 g/mol. The van der Waals surface area contributed by atoms with Crippen LogP contribution in [0.4, 0.5) is 15.6 Å². The minimum absolute atomic E-state index is 0.000796. The predicted octanol–water partition coefficient (Wildman–Crippen LogP) is 2.71. The zero-order valence-corrected chi connectivity index (χ0v) is 15.3. The maximum absolute atomic E-state index is 12.4. The van der Waals surface area contributed by atoms with Crippen LogP contribution >= 0.6 is 11.3 Å². The van der Waals surface area contributed by atoms with E-state index in [1.54, 1.807) is 19.0 Å². The van der Waals surface area contributed by atoms with Gasteiger partial charge in [0.05, 0.1) is 0 Å². The van der Waals surface area contributed by atoms with Crippen LogP contribution in [0, 0.1) is 0 Å². The Kier molecular flexibility index (Phi) is 4.98. The van der Waals surface area contributed by atoms with Gasteiger partial charge in [-0.15, -0.1) is 10.2 Å². The summed E-state index contributed by atoms with van der Waals surface area (Å²) < 4.78 is 0. The summed E-state index contributed by atoms with van der Waals surface area (Å²) in [6, 6.07) is 7.83. The van der Waals surface area contributed by atoms with Crippen LogP contribution in [0.25, 0.3) is 0 Å². The summed E-state index contributed by atoms with van der Waals surface area (Å²) in [5, 5.41) is 12.1. The van der Waals surface area contributed by atoms with Crippen LogP contribution < -0.4 is 10.2 Å². The first kappa shape index (κ1) is 17.3. The highest BCUT2D eigenvalue weighted by molar-refractivity contribution is 7.15. The van der Waals surface area contributed by atoms with Crippen LogP contribution in [0.1, 0.15) is 29.8 Å². The molecule has 0 saturated carbocycles. The van der Waals surface area contributed by atoms with Gasteiger partial charge < -0.3 is 9.80 Å². The van der Waals surface area contributed by atoms with Crippen molar-refractivity contribution in [1.29, 1.82) is 0 Å². The number of amides is 3. The minimum Gasteiger partial charge on any atom is -0.331 e. The summed E-state index contributed by atoms with van der Waals surface area (Å²) in [6.45, 7) is 2.69. The number of nitrogens with zero attached hydrogens (tertiary/aromatic N) is 4. The quantitative estimate of drug-likeness (QED) is 0.910. The molecule has 25 heavy (non-hydrogen) atoms. The summed E-state index contributed by atoms with van der Waals surface area (Å²) in [6.07, 6.45) is 1.38. The standard InChI is InChI=1S/C17H21N5O2S/c1-4-11-5-7-13(8-6-11)22-10-12(9-14(22)23)15-19-20-16(25-15)18-17(24)21(2)3/h5-8,12H,4,9-10H2,1-3H3,(H,18,20,24). The Morgan fingerprint density at radius 2 is 2.04 bits per heavy atom. The third kappa shape index (κ3) is 3.79. The van der Waals surface area contributed by atoms with Crippen molar-refractivity contribution in [2.45, 2.75) is 25.7 Å². The van der Waals surface area contributed by atoms with Crippen molar-refractivity contribution in [3.05, 3.63) is 34.8 Å². The van der Waals surface area contributed by atoms with E-state index >= 15 is 0 Å². The van der Waals surface area contributed by atoms with Crippen molar-refractivity contribution in [3.8, 4) is 0 Å². The van der Waals surface area contributed by atoms with Crippen molar-refractivity contribution in [2.24, 2.45) is 0 Å². The molecule has 1 saturated heterocycles. The molecule has 0 spiro atoms. The van der Waals surface area contributed by atoms with Gasteiger partial charge in [-0.25, -0.2) is 4.79 Å². The lowest BCUT2D eigenvalue weighted by Crippen LogP contribution is -2.27. The van der Waals surface area contributed by atoms with Gasteiger partial charge in [-0.1, -0.05) is 30.4 Å². The molecule has 1 fully saturated rings. The van der Waals surface area contributed by atoms with Crippen LogP contribution in [0.2, 0.25) is 0 Å². The molecule has 132 valence electrons. The number of nitrogens with one attached hydrogen (secondary N) is 1. The summed E-state index contributed by atoms with van der Waals surface area (Å²) in [5.41, 5.74) is 2.16. The molecular formula is C17H21N5O2S. The van der Waals surface area contributed by atoms with Gasteiger partial charge >= 0.3 is 6.03 Å². The second-order valence-corrected chi connectivity index (χ2v) is 7.20. The lowest BCUT2D eigenvalue weighted by Gasteiger charge is -2.16. The summed E-state index contributed by atoms with van der Waals surface area (Å²) in [4.78, 5) is 27.3. The van der Waals surface area contributed by atoms with Crippen molar-refractivity contribution in [1.82, 2.24) is 15.1 Å². The molecule has 1 atom stereocenters. The van der Waals surface area contributed by atoms with Gasteiger partial charge in [0.2, 0.25) is 11.0 Å². The van der Waals surface area contributed by atoms with Crippen molar-refractivity contribution >= 4 is 34.1 Å². The van der Waals surface area contributed by atoms with E-state index in [1.165, 1.54) is 21.8 Å². The van der Waals surface area contributed by atoms with E-state index in [9.17, 15) is 9.59 Å². The number of aromatic nitrogens is 2. The fourth-order valence-electron chi connectivity index (χ4n) is 2.69. The Labute approximate surface area is 150 Å². The minimum atomic E-state index is -0.247.